The van der Waals surface area contributed by atoms with E-state index in [1.165, 1.54) is 31.2 Å². The Morgan fingerprint density at radius 1 is 1.40 bits per heavy atom. The molecule has 2 amide bonds. The van der Waals surface area contributed by atoms with Crippen molar-refractivity contribution >= 4 is 43.3 Å². The zero-order valence-electron chi connectivity index (χ0n) is 12.6. The van der Waals surface area contributed by atoms with Gasteiger partial charge in [0.05, 0.1) is 10.5 Å². The third-order valence-electron chi connectivity index (χ3n) is 3.49. The fourth-order valence-electron chi connectivity index (χ4n) is 2.31. The van der Waals surface area contributed by atoms with Gasteiger partial charge >= 0.3 is 5.00 Å². The molecule has 0 aliphatic carbocycles. The normalized spacial score (nSPS) is 16.4. The molecule has 0 saturated heterocycles. The summed E-state index contributed by atoms with van der Waals surface area (Å²) in [5, 5.41) is 12.6. The first-order valence-corrected chi connectivity index (χ1v) is 9.08. The number of fused-ring (bicyclic) bond motifs is 1. The molecule has 1 aliphatic heterocycles. The molecule has 3 rings (SSSR count). The SMILES string of the molecule is C[C@H](C(=O)Nc1ncc([N+](=O)[O-])s1)N1C(=O)c2ccccc2S1(=O)=O. The molecule has 10 nitrogen and oxygen atoms in total. The van der Waals surface area contributed by atoms with Crippen LogP contribution in [-0.2, 0) is 14.8 Å². The molecular weight excluding hydrogens is 372 g/mol. The van der Waals surface area contributed by atoms with E-state index >= 15 is 0 Å². The second kappa shape index (κ2) is 5.89. The molecule has 0 saturated carbocycles. The Morgan fingerprint density at radius 2 is 2.08 bits per heavy atom. The number of sulfonamides is 1. The molecule has 1 atom stereocenters. The van der Waals surface area contributed by atoms with E-state index in [1.807, 2.05) is 0 Å². The topological polar surface area (TPSA) is 140 Å². The summed E-state index contributed by atoms with van der Waals surface area (Å²) < 4.78 is 25.5. The molecular formula is C13H10N4O6S2. The molecule has 0 bridgehead atoms. The second-order valence-corrected chi connectivity index (χ2v) is 7.82. The average molecular weight is 382 g/mol. The number of thiazole rings is 1. The van der Waals surface area contributed by atoms with Crippen LogP contribution in [0.5, 0.6) is 0 Å². The predicted molar refractivity (Wildman–Crippen MR) is 86.7 cm³/mol. The van der Waals surface area contributed by atoms with Gasteiger partial charge in [0, 0.05) is 0 Å². The van der Waals surface area contributed by atoms with Crippen LogP contribution in [0.4, 0.5) is 10.1 Å². The summed E-state index contributed by atoms with van der Waals surface area (Å²) in [6.45, 7) is 1.25. The number of hydrogen-bond donors (Lipinski definition) is 1. The highest BCUT2D eigenvalue weighted by Crippen LogP contribution is 2.32. The maximum absolute atomic E-state index is 12.5. The molecule has 0 radical (unpaired) electrons. The highest BCUT2D eigenvalue weighted by Gasteiger charge is 2.45. The minimum absolute atomic E-state index is 0.00737. The minimum atomic E-state index is -4.14. The van der Waals surface area contributed by atoms with E-state index in [0.29, 0.717) is 15.6 Å². The van der Waals surface area contributed by atoms with Crippen molar-refractivity contribution in [2.24, 2.45) is 0 Å². The molecule has 0 unspecified atom stereocenters. The number of anilines is 1. The first-order chi connectivity index (χ1) is 11.7. The lowest BCUT2D eigenvalue weighted by atomic mass is 10.2. The van der Waals surface area contributed by atoms with Crippen LogP contribution in [0.15, 0.2) is 35.4 Å². The van der Waals surface area contributed by atoms with Crippen molar-refractivity contribution in [3.05, 3.63) is 46.1 Å². The number of benzene rings is 1. The standard InChI is InChI=1S/C13H10N4O6S2/c1-7(11(18)15-13-14-6-10(24-13)17(20)21)16-12(19)8-4-2-3-5-9(8)25(16,22)23/h2-7H,1H3,(H,14,15,18)/t7-/m1/s1. The van der Waals surface area contributed by atoms with Crippen LogP contribution >= 0.6 is 11.3 Å². The molecule has 1 aromatic carbocycles. The largest absolute Gasteiger partial charge is 0.345 e. The zero-order valence-corrected chi connectivity index (χ0v) is 14.2. The van der Waals surface area contributed by atoms with Gasteiger partial charge in [-0.15, -0.1) is 0 Å². The summed E-state index contributed by atoms with van der Waals surface area (Å²) in [6, 6.07) is 4.30. The van der Waals surface area contributed by atoms with Crippen molar-refractivity contribution in [1.82, 2.24) is 9.29 Å². The molecule has 1 aromatic heterocycles. The third kappa shape index (κ3) is 2.74. The van der Waals surface area contributed by atoms with Crippen LogP contribution in [0, 0.1) is 10.1 Å². The van der Waals surface area contributed by atoms with Crippen LogP contribution in [0.3, 0.4) is 0 Å². The molecule has 12 heteroatoms. The molecule has 1 N–H and O–H groups in total. The van der Waals surface area contributed by atoms with Crippen molar-refractivity contribution in [2.75, 3.05) is 5.32 Å². The number of carbonyl (C=O) groups is 2. The van der Waals surface area contributed by atoms with Gasteiger partial charge in [0.15, 0.2) is 5.13 Å². The second-order valence-electron chi connectivity index (χ2n) is 5.03. The third-order valence-corrected chi connectivity index (χ3v) is 6.27. The minimum Gasteiger partial charge on any atom is -0.300 e. The Hall–Kier alpha value is -2.86. The number of nitro groups is 1. The number of hydrogen-bond acceptors (Lipinski definition) is 8. The van der Waals surface area contributed by atoms with Gasteiger partial charge in [-0.25, -0.2) is 17.7 Å². The van der Waals surface area contributed by atoms with Gasteiger partial charge in [0.2, 0.25) is 5.91 Å². The van der Waals surface area contributed by atoms with Gasteiger partial charge in [0.25, 0.3) is 15.9 Å². The summed E-state index contributed by atoms with van der Waals surface area (Å²) in [4.78, 5) is 38.1. The average Bonchev–Trinajstić information content (AvgIpc) is 3.10. The molecule has 0 fully saturated rings. The maximum atomic E-state index is 12.5. The molecule has 130 valence electrons. The Morgan fingerprint density at radius 3 is 2.68 bits per heavy atom. The van der Waals surface area contributed by atoms with Gasteiger partial charge < -0.3 is 0 Å². The summed E-state index contributed by atoms with van der Waals surface area (Å²) in [7, 11) is -4.14. The number of aromatic nitrogens is 1. The first kappa shape index (κ1) is 17.0. The van der Waals surface area contributed by atoms with Gasteiger partial charge in [0.1, 0.15) is 17.1 Å². The molecule has 1 aliphatic rings. The molecule has 2 aromatic rings. The number of rotatable bonds is 4. The van der Waals surface area contributed by atoms with Crippen molar-refractivity contribution in [3.8, 4) is 0 Å². The number of nitrogens with one attached hydrogen (secondary N) is 1. The van der Waals surface area contributed by atoms with Gasteiger partial charge in [-0.05, 0) is 30.4 Å². The van der Waals surface area contributed by atoms with E-state index in [1.54, 1.807) is 0 Å². The highest BCUT2D eigenvalue weighted by atomic mass is 32.2. The predicted octanol–water partition coefficient (Wildman–Crippen LogP) is 1.22. The zero-order chi connectivity index (χ0) is 18.4. The monoisotopic (exact) mass is 382 g/mol. The van der Waals surface area contributed by atoms with E-state index in [4.69, 9.17) is 0 Å². The van der Waals surface area contributed by atoms with Crippen LogP contribution in [-0.4, -0.2) is 40.5 Å². The van der Waals surface area contributed by atoms with Gasteiger partial charge in [-0.3, -0.25) is 25.0 Å². The first-order valence-electron chi connectivity index (χ1n) is 6.82. The smallest absolute Gasteiger partial charge is 0.300 e. The summed E-state index contributed by atoms with van der Waals surface area (Å²) in [5.41, 5.74) is -0.00737. The number of carbonyl (C=O) groups excluding carboxylic acids is 2. The molecule has 25 heavy (non-hydrogen) atoms. The van der Waals surface area contributed by atoms with Crippen molar-refractivity contribution in [3.63, 3.8) is 0 Å². The quantitative estimate of drug-likeness (QED) is 0.619. The van der Waals surface area contributed by atoms with Crippen molar-refractivity contribution < 1.29 is 22.9 Å². The summed E-state index contributed by atoms with van der Waals surface area (Å²) >= 11 is 0.622. The van der Waals surface area contributed by atoms with Crippen molar-refractivity contribution in [2.45, 2.75) is 17.9 Å². The van der Waals surface area contributed by atoms with E-state index in [-0.39, 0.29) is 20.6 Å². The Labute approximate surface area is 145 Å². The van der Waals surface area contributed by atoms with Crippen molar-refractivity contribution in [1.29, 1.82) is 0 Å². The fraction of sp³-hybridized carbons (Fsp3) is 0.154. The van der Waals surface area contributed by atoms with Crippen LogP contribution in [0.2, 0.25) is 0 Å². The Balaban J connectivity index is 1.85. The van der Waals surface area contributed by atoms with Crippen LogP contribution in [0.25, 0.3) is 0 Å². The van der Waals surface area contributed by atoms with Gasteiger partial charge in [-0.1, -0.05) is 12.1 Å². The van der Waals surface area contributed by atoms with E-state index < -0.39 is 32.8 Å². The summed E-state index contributed by atoms with van der Waals surface area (Å²) in [5.74, 6) is -1.63. The number of nitrogens with zero attached hydrogens (tertiary/aromatic N) is 3. The maximum Gasteiger partial charge on any atom is 0.345 e. The Kier molecular flexibility index (Phi) is 4.00. The summed E-state index contributed by atoms with van der Waals surface area (Å²) in [6.07, 6.45) is 0.971. The Bertz CT molecular complexity index is 999. The number of amides is 2. The van der Waals surface area contributed by atoms with Crippen LogP contribution in [0.1, 0.15) is 17.3 Å². The molecule has 0 spiro atoms. The lowest BCUT2D eigenvalue weighted by molar-refractivity contribution is -0.380. The van der Waals surface area contributed by atoms with E-state index in [2.05, 4.69) is 10.3 Å². The lowest BCUT2D eigenvalue weighted by Crippen LogP contribution is -2.45. The van der Waals surface area contributed by atoms with Gasteiger partial charge in [-0.2, -0.15) is 0 Å². The van der Waals surface area contributed by atoms with E-state index in [9.17, 15) is 28.1 Å². The fourth-order valence-corrected chi connectivity index (χ4v) is 4.67. The molecule has 2 heterocycles. The lowest BCUT2D eigenvalue weighted by Gasteiger charge is -2.21. The highest BCUT2D eigenvalue weighted by molar-refractivity contribution is 7.90. The van der Waals surface area contributed by atoms with Crippen LogP contribution < -0.4 is 5.32 Å². The van der Waals surface area contributed by atoms with E-state index in [0.717, 1.165) is 6.20 Å².